The van der Waals surface area contributed by atoms with E-state index in [4.69, 9.17) is 15.5 Å². The predicted molar refractivity (Wildman–Crippen MR) is 166 cm³/mol. The average Bonchev–Trinajstić information content (AvgIpc) is 3.29. The first-order chi connectivity index (χ1) is 18.9. The summed E-state index contributed by atoms with van der Waals surface area (Å²) in [5.41, 5.74) is 12.2. The number of carbonyl (C=O) groups excluding carboxylic acids is 1. The second kappa shape index (κ2) is 13.9. The summed E-state index contributed by atoms with van der Waals surface area (Å²) in [4.78, 5) is 21.0. The number of phenolic OH excluding ortho intramolecular Hbond substituents is 1. The number of nitrogens with one attached hydrogen (secondary N) is 1. The number of nitrogens with zero attached hydrogens (tertiary/aromatic N) is 3. The first kappa shape index (κ1) is 29.1. The minimum Gasteiger partial charge on any atom is -0.508 e. The third-order valence-corrected chi connectivity index (χ3v) is 7.56. The number of nitrogens with two attached hydrogens (primary N) is 1. The monoisotopic (exact) mass is 643 g/mol. The molecule has 0 spiro atoms. The number of hydrogen-bond acceptors (Lipinski definition) is 6. The standard InChI is InChI=1S/C30H38IN5O3/c1-3-4-8-26-35-28-29(36(26)19-22-10-12-25(37)20(2)16-22)23-17-21(9-11-24(23)34-30(28)32)7-5-14-39-15-6-13-33-27(38)18-31/h9-12,16-17,37H,3-8,13-15,18-19H2,1-2H3,(H2,32,34)(H,33,38). The number of unbranched alkanes of at least 4 members (excludes halogenated alkanes) is 1. The quantitative estimate of drug-likeness (QED) is 0.0956. The van der Waals surface area contributed by atoms with E-state index in [1.165, 1.54) is 5.56 Å². The second-order valence-corrected chi connectivity index (χ2v) is 10.7. The predicted octanol–water partition coefficient (Wildman–Crippen LogP) is 5.46. The molecule has 4 rings (SSSR count). The summed E-state index contributed by atoms with van der Waals surface area (Å²) < 4.78 is 8.54. The Morgan fingerprint density at radius 1 is 1.08 bits per heavy atom. The van der Waals surface area contributed by atoms with Gasteiger partial charge in [0.2, 0.25) is 5.91 Å². The van der Waals surface area contributed by atoms with E-state index >= 15 is 0 Å². The molecule has 0 saturated heterocycles. The van der Waals surface area contributed by atoms with Crippen molar-refractivity contribution in [2.75, 3.05) is 29.9 Å². The maximum absolute atomic E-state index is 11.3. The van der Waals surface area contributed by atoms with Crippen molar-refractivity contribution in [3.05, 3.63) is 58.9 Å². The van der Waals surface area contributed by atoms with Gasteiger partial charge in [0, 0.05) is 38.1 Å². The number of nitrogen functional groups attached to an aromatic ring is 1. The number of aromatic nitrogens is 3. The number of fused-ring (bicyclic) bond motifs is 3. The van der Waals surface area contributed by atoms with Crippen molar-refractivity contribution in [1.29, 1.82) is 0 Å². The molecule has 0 fully saturated rings. The van der Waals surface area contributed by atoms with E-state index in [-0.39, 0.29) is 5.91 Å². The molecule has 208 valence electrons. The number of rotatable bonds is 14. The van der Waals surface area contributed by atoms with Gasteiger partial charge in [-0.2, -0.15) is 0 Å². The molecule has 0 aliphatic carbocycles. The van der Waals surface area contributed by atoms with Crippen LogP contribution in [-0.4, -0.2) is 49.7 Å². The number of ether oxygens (including phenoxy) is 1. The van der Waals surface area contributed by atoms with Crippen LogP contribution in [0.15, 0.2) is 36.4 Å². The fourth-order valence-electron chi connectivity index (χ4n) is 4.78. The lowest BCUT2D eigenvalue weighted by Gasteiger charge is -2.13. The lowest BCUT2D eigenvalue weighted by atomic mass is 10.1. The number of pyridine rings is 1. The molecule has 0 bridgehead atoms. The molecule has 2 heterocycles. The molecule has 0 aliphatic heterocycles. The van der Waals surface area contributed by atoms with Crippen LogP contribution in [0, 0.1) is 6.92 Å². The molecule has 4 N–H and O–H groups in total. The van der Waals surface area contributed by atoms with E-state index < -0.39 is 0 Å². The van der Waals surface area contributed by atoms with E-state index in [1.807, 2.05) is 25.1 Å². The summed E-state index contributed by atoms with van der Waals surface area (Å²) in [5, 5.41) is 13.9. The largest absolute Gasteiger partial charge is 0.508 e. The summed E-state index contributed by atoms with van der Waals surface area (Å²) in [6.07, 6.45) is 5.59. The highest BCUT2D eigenvalue weighted by molar-refractivity contribution is 14.1. The smallest absolute Gasteiger partial charge is 0.229 e. The van der Waals surface area contributed by atoms with Crippen molar-refractivity contribution >= 4 is 56.3 Å². The lowest BCUT2D eigenvalue weighted by molar-refractivity contribution is -0.118. The van der Waals surface area contributed by atoms with E-state index in [2.05, 4.69) is 56.5 Å². The molecular weight excluding hydrogens is 605 g/mol. The SMILES string of the molecule is CCCCc1nc2c(N)nc3ccc(CCCOCCCNC(=O)CI)cc3c2n1Cc1ccc(O)c(C)c1. The Bertz CT molecular complexity index is 1440. The fraction of sp³-hybridized carbons (Fsp3) is 0.433. The number of aryl methyl sites for hydroxylation is 3. The van der Waals surface area contributed by atoms with Gasteiger partial charge in [-0.3, -0.25) is 4.79 Å². The molecule has 0 unspecified atom stereocenters. The highest BCUT2D eigenvalue weighted by atomic mass is 127. The van der Waals surface area contributed by atoms with Gasteiger partial charge in [-0.25, -0.2) is 9.97 Å². The normalized spacial score (nSPS) is 11.5. The number of alkyl halides is 1. The molecule has 2 aromatic carbocycles. The van der Waals surface area contributed by atoms with E-state index in [0.29, 0.717) is 42.3 Å². The molecule has 0 atom stereocenters. The Balaban J connectivity index is 1.56. The zero-order valence-corrected chi connectivity index (χ0v) is 25.0. The number of phenols is 1. The molecule has 9 heteroatoms. The zero-order valence-electron chi connectivity index (χ0n) is 22.8. The fourth-order valence-corrected chi connectivity index (χ4v) is 5.05. The Labute approximate surface area is 243 Å². The third-order valence-electron chi connectivity index (χ3n) is 6.87. The molecule has 0 aliphatic rings. The molecule has 8 nitrogen and oxygen atoms in total. The number of anilines is 1. The van der Waals surface area contributed by atoms with Crippen LogP contribution in [-0.2, 0) is 28.9 Å². The van der Waals surface area contributed by atoms with Crippen molar-refractivity contribution in [3.63, 3.8) is 0 Å². The van der Waals surface area contributed by atoms with Gasteiger partial charge in [-0.05, 0) is 67.5 Å². The number of imidazole rings is 1. The molecule has 2 aromatic heterocycles. The van der Waals surface area contributed by atoms with Crippen LogP contribution in [0.5, 0.6) is 5.75 Å². The minimum absolute atomic E-state index is 0.0641. The Morgan fingerprint density at radius 2 is 1.87 bits per heavy atom. The zero-order chi connectivity index (χ0) is 27.8. The number of halogens is 1. The topological polar surface area (TPSA) is 115 Å². The Kier molecular flexibility index (Phi) is 10.4. The van der Waals surface area contributed by atoms with Gasteiger partial charge in [0.25, 0.3) is 0 Å². The number of hydrogen-bond donors (Lipinski definition) is 3. The third kappa shape index (κ3) is 7.39. The molecule has 0 radical (unpaired) electrons. The van der Waals surface area contributed by atoms with Crippen LogP contribution >= 0.6 is 22.6 Å². The minimum atomic E-state index is 0.0641. The van der Waals surface area contributed by atoms with Crippen LogP contribution < -0.4 is 11.1 Å². The van der Waals surface area contributed by atoms with Gasteiger partial charge < -0.3 is 25.5 Å². The summed E-state index contributed by atoms with van der Waals surface area (Å²) in [6.45, 7) is 6.70. The number of carbonyl (C=O) groups is 1. The second-order valence-electron chi connectivity index (χ2n) is 9.94. The number of benzene rings is 2. The first-order valence-corrected chi connectivity index (χ1v) is 15.2. The van der Waals surface area contributed by atoms with Gasteiger partial charge in [0.05, 0.1) is 15.5 Å². The van der Waals surface area contributed by atoms with Crippen molar-refractivity contribution in [3.8, 4) is 5.75 Å². The van der Waals surface area contributed by atoms with Gasteiger partial charge >= 0.3 is 0 Å². The van der Waals surface area contributed by atoms with Crippen molar-refractivity contribution in [1.82, 2.24) is 19.9 Å². The Hall–Kier alpha value is -2.92. The maximum atomic E-state index is 11.3. The summed E-state index contributed by atoms with van der Waals surface area (Å²) in [5.74, 6) is 1.82. The highest BCUT2D eigenvalue weighted by Gasteiger charge is 2.18. The van der Waals surface area contributed by atoms with Crippen LogP contribution in [0.1, 0.15) is 55.1 Å². The first-order valence-electron chi connectivity index (χ1n) is 13.7. The lowest BCUT2D eigenvalue weighted by Crippen LogP contribution is -2.25. The van der Waals surface area contributed by atoms with E-state index in [9.17, 15) is 9.90 Å². The van der Waals surface area contributed by atoms with Crippen molar-refractivity contribution < 1.29 is 14.6 Å². The van der Waals surface area contributed by atoms with E-state index in [1.54, 1.807) is 6.07 Å². The molecule has 0 saturated carbocycles. The van der Waals surface area contributed by atoms with Crippen LogP contribution in [0.2, 0.25) is 0 Å². The summed E-state index contributed by atoms with van der Waals surface area (Å²) in [7, 11) is 0. The molecular formula is C30H38IN5O3. The molecule has 4 aromatic rings. The van der Waals surface area contributed by atoms with Crippen LogP contribution in [0.3, 0.4) is 0 Å². The molecule has 1 amide bonds. The van der Waals surface area contributed by atoms with Crippen LogP contribution in [0.25, 0.3) is 21.9 Å². The average molecular weight is 644 g/mol. The number of aromatic hydroxyl groups is 1. The molecule has 39 heavy (non-hydrogen) atoms. The number of amides is 1. The Morgan fingerprint density at radius 3 is 2.64 bits per heavy atom. The van der Waals surface area contributed by atoms with Crippen LogP contribution in [0.4, 0.5) is 5.82 Å². The van der Waals surface area contributed by atoms with Crippen molar-refractivity contribution in [2.45, 2.75) is 58.9 Å². The van der Waals surface area contributed by atoms with E-state index in [0.717, 1.165) is 77.4 Å². The highest BCUT2D eigenvalue weighted by Crippen LogP contribution is 2.31. The van der Waals surface area contributed by atoms with Gasteiger partial charge in [-0.15, -0.1) is 0 Å². The maximum Gasteiger partial charge on any atom is 0.229 e. The summed E-state index contributed by atoms with van der Waals surface area (Å²) in [6, 6.07) is 12.1. The van der Waals surface area contributed by atoms with Gasteiger partial charge in [0.1, 0.15) is 17.1 Å². The van der Waals surface area contributed by atoms with Gasteiger partial charge in [-0.1, -0.05) is 54.1 Å². The van der Waals surface area contributed by atoms with Crippen molar-refractivity contribution in [2.24, 2.45) is 0 Å². The van der Waals surface area contributed by atoms with Gasteiger partial charge in [0.15, 0.2) is 5.82 Å². The summed E-state index contributed by atoms with van der Waals surface area (Å²) >= 11 is 2.06.